The van der Waals surface area contributed by atoms with Crippen molar-refractivity contribution in [3.63, 3.8) is 0 Å². The summed E-state index contributed by atoms with van der Waals surface area (Å²) >= 11 is 6.04. The molecule has 3 N–H and O–H groups in total. The Morgan fingerprint density at radius 2 is 2.00 bits per heavy atom. The molecule has 2 rings (SSSR count). The Morgan fingerprint density at radius 1 is 1.32 bits per heavy atom. The van der Waals surface area contributed by atoms with Crippen molar-refractivity contribution >= 4 is 29.9 Å². The van der Waals surface area contributed by atoms with Gasteiger partial charge in [-0.2, -0.15) is 0 Å². The van der Waals surface area contributed by atoms with Gasteiger partial charge in [0.25, 0.3) is 5.91 Å². The van der Waals surface area contributed by atoms with Gasteiger partial charge in [-0.15, -0.1) is 17.5 Å². The Bertz CT molecular complexity index is 713. The normalized spacial score (nSPS) is 11.1. The molecular formula is C17H25Cl2N5O. The van der Waals surface area contributed by atoms with Crippen LogP contribution in [-0.4, -0.2) is 33.0 Å². The first-order valence-corrected chi connectivity index (χ1v) is 8.59. The Balaban J connectivity index is 0.00000312. The molecule has 1 heterocycles. The molecule has 0 aliphatic heterocycles. The van der Waals surface area contributed by atoms with E-state index in [1.165, 1.54) is 0 Å². The van der Waals surface area contributed by atoms with Gasteiger partial charge < -0.3 is 11.1 Å². The predicted molar refractivity (Wildman–Crippen MR) is 103 cm³/mol. The van der Waals surface area contributed by atoms with Crippen LogP contribution in [0.3, 0.4) is 0 Å². The van der Waals surface area contributed by atoms with Gasteiger partial charge in [0.1, 0.15) is 0 Å². The summed E-state index contributed by atoms with van der Waals surface area (Å²) in [7, 11) is 0. The molecule has 0 spiro atoms. The minimum Gasteiger partial charge on any atom is -0.349 e. The Hall–Kier alpha value is -1.63. The highest BCUT2D eigenvalue weighted by Gasteiger charge is 2.24. The molecule has 138 valence electrons. The molecule has 25 heavy (non-hydrogen) atoms. The van der Waals surface area contributed by atoms with Gasteiger partial charge in [-0.3, -0.25) is 4.79 Å². The summed E-state index contributed by atoms with van der Waals surface area (Å²) in [6, 6.07) is 7.29. The fourth-order valence-electron chi connectivity index (χ4n) is 2.45. The third-order valence-electron chi connectivity index (χ3n) is 4.38. The third-order valence-corrected chi connectivity index (χ3v) is 4.61. The summed E-state index contributed by atoms with van der Waals surface area (Å²) in [5.41, 5.74) is 7.68. The van der Waals surface area contributed by atoms with E-state index in [1.54, 1.807) is 16.8 Å². The van der Waals surface area contributed by atoms with Gasteiger partial charge >= 0.3 is 0 Å². The summed E-state index contributed by atoms with van der Waals surface area (Å²) < 4.78 is 1.65. The Morgan fingerprint density at radius 3 is 2.56 bits per heavy atom. The van der Waals surface area contributed by atoms with Gasteiger partial charge in [-0.1, -0.05) is 43.7 Å². The number of hydrogen-bond donors (Lipinski definition) is 2. The van der Waals surface area contributed by atoms with E-state index in [0.717, 1.165) is 24.2 Å². The predicted octanol–water partition coefficient (Wildman–Crippen LogP) is 3.15. The van der Waals surface area contributed by atoms with Crippen LogP contribution in [0.2, 0.25) is 5.02 Å². The number of aromatic nitrogens is 3. The van der Waals surface area contributed by atoms with E-state index in [2.05, 4.69) is 15.6 Å². The SMILES string of the molecule is CCc1c(C(=O)NCC(N)(CC)CC)nnn1-c1cccc(Cl)c1.Cl. The summed E-state index contributed by atoms with van der Waals surface area (Å²) in [6.45, 7) is 6.40. The van der Waals surface area contributed by atoms with Crippen LogP contribution in [-0.2, 0) is 6.42 Å². The van der Waals surface area contributed by atoms with Crippen molar-refractivity contribution in [2.75, 3.05) is 6.54 Å². The molecule has 0 aliphatic carbocycles. The molecule has 0 unspecified atom stereocenters. The maximum absolute atomic E-state index is 12.5. The van der Waals surface area contributed by atoms with Gasteiger partial charge in [0, 0.05) is 17.1 Å². The van der Waals surface area contributed by atoms with Gasteiger partial charge in [-0.05, 0) is 37.5 Å². The molecule has 0 radical (unpaired) electrons. The molecule has 0 fully saturated rings. The second-order valence-corrected chi connectivity index (χ2v) is 6.32. The van der Waals surface area contributed by atoms with E-state index >= 15 is 0 Å². The van der Waals surface area contributed by atoms with Crippen LogP contribution >= 0.6 is 24.0 Å². The maximum Gasteiger partial charge on any atom is 0.273 e. The lowest BCUT2D eigenvalue weighted by atomic mass is 9.94. The molecule has 0 bridgehead atoms. The van der Waals surface area contributed by atoms with Gasteiger partial charge in [0.2, 0.25) is 0 Å². The molecule has 1 aromatic heterocycles. The molecule has 1 aromatic carbocycles. The minimum atomic E-state index is -0.398. The number of benzene rings is 1. The number of hydrogen-bond acceptors (Lipinski definition) is 4. The average Bonchev–Trinajstić information content (AvgIpc) is 3.03. The van der Waals surface area contributed by atoms with Crippen molar-refractivity contribution in [3.8, 4) is 5.69 Å². The van der Waals surface area contributed by atoms with E-state index in [9.17, 15) is 4.79 Å². The van der Waals surface area contributed by atoms with Crippen molar-refractivity contribution in [2.24, 2.45) is 5.73 Å². The van der Waals surface area contributed by atoms with Gasteiger partial charge in [0.05, 0.1) is 11.4 Å². The van der Waals surface area contributed by atoms with Crippen molar-refractivity contribution in [1.29, 1.82) is 0 Å². The minimum absolute atomic E-state index is 0. The smallest absolute Gasteiger partial charge is 0.273 e. The summed E-state index contributed by atoms with van der Waals surface area (Å²) in [5, 5.41) is 11.7. The number of rotatable bonds is 7. The van der Waals surface area contributed by atoms with E-state index in [1.807, 2.05) is 32.9 Å². The quantitative estimate of drug-likeness (QED) is 0.766. The second-order valence-electron chi connectivity index (χ2n) is 5.88. The molecule has 0 aliphatic rings. The van der Waals surface area contributed by atoms with Crippen LogP contribution in [0.4, 0.5) is 0 Å². The lowest BCUT2D eigenvalue weighted by Crippen LogP contribution is -2.49. The van der Waals surface area contributed by atoms with E-state index in [4.69, 9.17) is 17.3 Å². The highest BCUT2D eigenvalue weighted by Crippen LogP contribution is 2.18. The first-order chi connectivity index (χ1) is 11.4. The number of halogens is 2. The van der Waals surface area contributed by atoms with Crippen LogP contribution in [0.5, 0.6) is 0 Å². The lowest BCUT2D eigenvalue weighted by molar-refractivity contribution is 0.0936. The first-order valence-electron chi connectivity index (χ1n) is 8.21. The van der Waals surface area contributed by atoms with Crippen molar-refractivity contribution in [3.05, 3.63) is 40.7 Å². The van der Waals surface area contributed by atoms with Crippen LogP contribution in [0.1, 0.15) is 49.8 Å². The third kappa shape index (κ3) is 4.93. The number of carbonyl (C=O) groups is 1. The number of nitrogens with one attached hydrogen (secondary N) is 1. The largest absolute Gasteiger partial charge is 0.349 e. The summed E-state index contributed by atoms with van der Waals surface area (Å²) in [4.78, 5) is 12.5. The molecule has 6 nitrogen and oxygen atoms in total. The number of nitrogens with two attached hydrogens (primary N) is 1. The maximum atomic E-state index is 12.5. The van der Waals surface area contributed by atoms with Crippen molar-refractivity contribution in [1.82, 2.24) is 20.3 Å². The molecule has 0 saturated heterocycles. The zero-order valence-electron chi connectivity index (χ0n) is 14.8. The van der Waals surface area contributed by atoms with E-state index in [0.29, 0.717) is 23.7 Å². The number of carbonyl (C=O) groups excluding carboxylic acids is 1. The Kier molecular flexibility index (Phi) is 7.86. The zero-order chi connectivity index (χ0) is 17.7. The fourth-order valence-corrected chi connectivity index (χ4v) is 2.64. The van der Waals surface area contributed by atoms with Crippen molar-refractivity contribution in [2.45, 2.75) is 45.6 Å². The molecule has 0 saturated carbocycles. The monoisotopic (exact) mass is 385 g/mol. The van der Waals surface area contributed by atoms with Crippen LogP contribution in [0.15, 0.2) is 24.3 Å². The number of amides is 1. The first kappa shape index (κ1) is 21.4. The molecule has 8 heteroatoms. The lowest BCUT2D eigenvalue weighted by Gasteiger charge is -2.26. The summed E-state index contributed by atoms with van der Waals surface area (Å²) in [6.07, 6.45) is 2.21. The molecule has 1 amide bonds. The summed E-state index contributed by atoms with van der Waals surface area (Å²) in [5.74, 6) is -0.253. The second kappa shape index (κ2) is 9.17. The zero-order valence-corrected chi connectivity index (χ0v) is 16.3. The van der Waals surface area contributed by atoms with Crippen LogP contribution < -0.4 is 11.1 Å². The highest BCUT2D eigenvalue weighted by molar-refractivity contribution is 6.30. The van der Waals surface area contributed by atoms with Gasteiger partial charge in [-0.25, -0.2) is 4.68 Å². The molecular weight excluding hydrogens is 361 g/mol. The number of nitrogens with zero attached hydrogens (tertiary/aromatic N) is 3. The molecule has 0 atom stereocenters. The highest BCUT2D eigenvalue weighted by atomic mass is 35.5. The van der Waals surface area contributed by atoms with Crippen molar-refractivity contribution < 1.29 is 4.79 Å². The van der Waals surface area contributed by atoms with E-state index in [-0.39, 0.29) is 18.3 Å². The topological polar surface area (TPSA) is 85.8 Å². The standard InChI is InChI=1S/C17H24ClN5O.ClH/c1-4-14-15(16(24)20-11-17(19,5-2)6-3)21-22-23(14)13-9-7-8-12(18)10-13;/h7-10H,4-6,11,19H2,1-3H3,(H,20,24);1H. The van der Waals surface area contributed by atoms with Crippen LogP contribution in [0.25, 0.3) is 5.69 Å². The van der Waals surface area contributed by atoms with Gasteiger partial charge in [0.15, 0.2) is 5.69 Å². The van der Waals surface area contributed by atoms with Crippen LogP contribution in [0, 0.1) is 0 Å². The Labute approximate surface area is 159 Å². The average molecular weight is 386 g/mol. The molecule has 2 aromatic rings. The fraction of sp³-hybridized carbons (Fsp3) is 0.471. The van der Waals surface area contributed by atoms with E-state index < -0.39 is 5.54 Å².